The largest absolute Gasteiger partial charge is 0.338 e. The third kappa shape index (κ3) is 3.91. The molecule has 1 heterocycles. The number of piperidine rings is 1. The molecule has 112 valence electrons. The first-order valence-electron chi connectivity index (χ1n) is 6.68. The molecular formula is C15H16BrFN2O2. The van der Waals surface area contributed by atoms with Crippen LogP contribution < -0.4 is 5.32 Å². The van der Waals surface area contributed by atoms with Gasteiger partial charge in [-0.25, -0.2) is 4.39 Å². The lowest BCUT2D eigenvalue weighted by atomic mass is 9.97. The van der Waals surface area contributed by atoms with Crippen LogP contribution in [0.4, 0.5) is 10.1 Å². The van der Waals surface area contributed by atoms with E-state index in [2.05, 4.69) is 27.8 Å². The SMILES string of the molecule is C=CC(=O)N1CCCC(C(=O)Nc2cc(Br)ccc2F)C1. The van der Waals surface area contributed by atoms with Crippen LogP contribution in [-0.2, 0) is 9.59 Å². The van der Waals surface area contributed by atoms with Crippen LogP contribution in [0.5, 0.6) is 0 Å². The standard InChI is InChI=1S/C15H16BrFN2O2/c1-2-14(20)19-7-3-4-10(9-19)15(21)18-13-8-11(16)5-6-12(13)17/h2,5-6,8,10H,1,3-4,7,9H2,(H,18,21). The molecule has 0 aromatic heterocycles. The quantitative estimate of drug-likeness (QED) is 0.848. The Hall–Kier alpha value is -1.69. The number of nitrogens with zero attached hydrogens (tertiary/aromatic N) is 1. The molecular weight excluding hydrogens is 339 g/mol. The van der Waals surface area contributed by atoms with Crippen molar-refractivity contribution in [1.82, 2.24) is 4.90 Å². The Morgan fingerprint density at radius 3 is 2.95 bits per heavy atom. The molecule has 1 aliphatic heterocycles. The first-order valence-corrected chi connectivity index (χ1v) is 7.48. The zero-order valence-corrected chi connectivity index (χ0v) is 13.0. The van der Waals surface area contributed by atoms with Gasteiger partial charge in [-0.1, -0.05) is 22.5 Å². The number of hydrogen-bond acceptors (Lipinski definition) is 2. The molecule has 1 fully saturated rings. The van der Waals surface area contributed by atoms with Crippen molar-refractivity contribution in [1.29, 1.82) is 0 Å². The number of halogens is 2. The van der Waals surface area contributed by atoms with Crippen molar-refractivity contribution >= 4 is 33.4 Å². The van der Waals surface area contributed by atoms with Crippen molar-refractivity contribution in [2.75, 3.05) is 18.4 Å². The Kier molecular flexibility index (Phi) is 5.12. The summed E-state index contributed by atoms with van der Waals surface area (Å²) in [4.78, 5) is 25.4. The molecule has 0 bridgehead atoms. The van der Waals surface area contributed by atoms with Crippen molar-refractivity contribution < 1.29 is 14.0 Å². The minimum absolute atomic E-state index is 0.140. The highest BCUT2D eigenvalue weighted by Crippen LogP contribution is 2.23. The van der Waals surface area contributed by atoms with E-state index in [1.54, 1.807) is 11.0 Å². The van der Waals surface area contributed by atoms with E-state index in [0.717, 1.165) is 6.42 Å². The molecule has 1 N–H and O–H groups in total. The first-order chi connectivity index (χ1) is 10.0. The van der Waals surface area contributed by atoms with Gasteiger partial charge in [-0.3, -0.25) is 9.59 Å². The van der Waals surface area contributed by atoms with Crippen LogP contribution in [0, 0.1) is 11.7 Å². The van der Waals surface area contributed by atoms with Crippen molar-refractivity contribution in [3.63, 3.8) is 0 Å². The van der Waals surface area contributed by atoms with Crippen molar-refractivity contribution in [3.05, 3.63) is 41.1 Å². The maximum absolute atomic E-state index is 13.6. The Morgan fingerprint density at radius 1 is 1.48 bits per heavy atom. The van der Waals surface area contributed by atoms with Gasteiger partial charge in [-0.05, 0) is 37.1 Å². The average Bonchev–Trinajstić information content (AvgIpc) is 2.50. The number of likely N-dealkylation sites (tertiary alicyclic amines) is 1. The fourth-order valence-electron chi connectivity index (χ4n) is 2.35. The maximum Gasteiger partial charge on any atom is 0.245 e. The van der Waals surface area contributed by atoms with E-state index in [4.69, 9.17) is 0 Å². The molecule has 1 unspecified atom stereocenters. The monoisotopic (exact) mass is 354 g/mol. The number of carbonyl (C=O) groups is 2. The van der Waals surface area contributed by atoms with Gasteiger partial charge < -0.3 is 10.2 Å². The van der Waals surface area contributed by atoms with E-state index in [-0.39, 0.29) is 23.4 Å². The second kappa shape index (κ2) is 6.85. The molecule has 0 aliphatic carbocycles. The second-order valence-corrected chi connectivity index (χ2v) is 5.86. The van der Waals surface area contributed by atoms with Crippen LogP contribution in [0.1, 0.15) is 12.8 Å². The fourth-order valence-corrected chi connectivity index (χ4v) is 2.71. The third-order valence-electron chi connectivity index (χ3n) is 3.46. The van der Waals surface area contributed by atoms with Crippen LogP contribution in [0.25, 0.3) is 0 Å². The number of nitrogens with one attached hydrogen (secondary N) is 1. The number of rotatable bonds is 3. The summed E-state index contributed by atoms with van der Waals surface area (Å²) >= 11 is 3.24. The number of carbonyl (C=O) groups excluding carboxylic acids is 2. The van der Waals surface area contributed by atoms with Gasteiger partial charge in [0.05, 0.1) is 11.6 Å². The minimum atomic E-state index is -0.485. The maximum atomic E-state index is 13.6. The highest BCUT2D eigenvalue weighted by atomic mass is 79.9. The van der Waals surface area contributed by atoms with Gasteiger partial charge in [-0.2, -0.15) is 0 Å². The second-order valence-electron chi connectivity index (χ2n) is 4.94. The van der Waals surface area contributed by atoms with Gasteiger partial charge in [0.15, 0.2) is 0 Å². The molecule has 0 radical (unpaired) electrons. The zero-order chi connectivity index (χ0) is 15.4. The van der Waals surface area contributed by atoms with Gasteiger partial charge >= 0.3 is 0 Å². The molecule has 0 spiro atoms. The predicted molar refractivity (Wildman–Crippen MR) is 82.2 cm³/mol. The molecule has 1 atom stereocenters. The first kappa shape index (κ1) is 15.7. The Balaban J connectivity index is 2.04. The van der Waals surface area contributed by atoms with E-state index in [9.17, 15) is 14.0 Å². The average molecular weight is 355 g/mol. The van der Waals surface area contributed by atoms with Crippen LogP contribution in [-0.4, -0.2) is 29.8 Å². The normalized spacial score (nSPS) is 18.2. The Labute approximate surface area is 131 Å². The molecule has 21 heavy (non-hydrogen) atoms. The Morgan fingerprint density at radius 2 is 2.24 bits per heavy atom. The van der Waals surface area contributed by atoms with E-state index in [1.807, 2.05) is 0 Å². The van der Waals surface area contributed by atoms with E-state index < -0.39 is 5.82 Å². The molecule has 1 aliphatic rings. The van der Waals surface area contributed by atoms with Gasteiger partial charge in [0.25, 0.3) is 0 Å². The van der Waals surface area contributed by atoms with Gasteiger partial charge in [0.2, 0.25) is 11.8 Å². The minimum Gasteiger partial charge on any atom is -0.338 e. The summed E-state index contributed by atoms with van der Waals surface area (Å²) in [6.45, 7) is 4.41. The summed E-state index contributed by atoms with van der Waals surface area (Å²) < 4.78 is 14.3. The molecule has 2 amide bonds. The van der Waals surface area contributed by atoms with Crippen LogP contribution >= 0.6 is 15.9 Å². The number of hydrogen-bond donors (Lipinski definition) is 1. The fraction of sp³-hybridized carbons (Fsp3) is 0.333. The number of amides is 2. The lowest BCUT2D eigenvalue weighted by Crippen LogP contribution is -2.43. The third-order valence-corrected chi connectivity index (χ3v) is 3.96. The molecule has 6 heteroatoms. The van der Waals surface area contributed by atoms with E-state index in [0.29, 0.717) is 24.0 Å². The van der Waals surface area contributed by atoms with Crippen molar-refractivity contribution in [2.24, 2.45) is 5.92 Å². The molecule has 0 saturated carbocycles. The molecule has 4 nitrogen and oxygen atoms in total. The molecule has 1 aromatic rings. The van der Waals surface area contributed by atoms with Crippen LogP contribution in [0.15, 0.2) is 35.3 Å². The van der Waals surface area contributed by atoms with E-state index >= 15 is 0 Å². The predicted octanol–water partition coefficient (Wildman–Crippen LogP) is 2.95. The topological polar surface area (TPSA) is 49.4 Å². The van der Waals surface area contributed by atoms with Crippen LogP contribution in [0.2, 0.25) is 0 Å². The molecule has 1 aromatic carbocycles. The summed E-state index contributed by atoms with van der Waals surface area (Å²) in [5.74, 6) is -1.27. The zero-order valence-electron chi connectivity index (χ0n) is 11.4. The summed E-state index contributed by atoms with van der Waals surface area (Å²) in [6, 6.07) is 4.37. The summed E-state index contributed by atoms with van der Waals surface area (Å²) in [6.07, 6.45) is 2.68. The van der Waals surface area contributed by atoms with Gasteiger partial charge in [-0.15, -0.1) is 0 Å². The Bertz CT molecular complexity index is 577. The molecule has 1 saturated heterocycles. The number of benzene rings is 1. The summed E-state index contributed by atoms with van der Waals surface area (Å²) in [5, 5.41) is 2.59. The smallest absolute Gasteiger partial charge is 0.245 e. The summed E-state index contributed by atoms with van der Waals surface area (Å²) in [7, 11) is 0. The highest BCUT2D eigenvalue weighted by molar-refractivity contribution is 9.10. The van der Waals surface area contributed by atoms with Crippen molar-refractivity contribution in [3.8, 4) is 0 Å². The van der Waals surface area contributed by atoms with Gasteiger partial charge in [0, 0.05) is 17.6 Å². The number of anilines is 1. The lowest BCUT2D eigenvalue weighted by Gasteiger charge is -2.31. The molecule has 2 rings (SSSR count). The van der Waals surface area contributed by atoms with E-state index in [1.165, 1.54) is 18.2 Å². The highest BCUT2D eigenvalue weighted by Gasteiger charge is 2.27. The summed E-state index contributed by atoms with van der Waals surface area (Å²) in [5.41, 5.74) is 0.140. The van der Waals surface area contributed by atoms with Gasteiger partial charge in [0.1, 0.15) is 5.82 Å². The lowest BCUT2D eigenvalue weighted by molar-refractivity contribution is -0.130. The van der Waals surface area contributed by atoms with Crippen LogP contribution in [0.3, 0.4) is 0 Å². The van der Waals surface area contributed by atoms with Crippen molar-refractivity contribution in [2.45, 2.75) is 12.8 Å².